The lowest BCUT2D eigenvalue weighted by Crippen LogP contribution is -2.52. The summed E-state index contributed by atoms with van der Waals surface area (Å²) in [5.74, 6) is -0.677. The van der Waals surface area contributed by atoms with Crippen LogP contribution in [0.25, 0.3) is 6.08 Å². The van der Waals surface area contributed by atoms with Crippen LogP contribution < -0.4 is 5.43 Å². The quantitative estimate of drug-likeness (QED) is 0.591. The molecule has 0 unspecified atom stereocenters. The number of halogens is 1. The Kier molecular flexibility index (Phi) is 6.59. The van der Waals surface area contributed by atoms with Gasteiger partial charge in [0.05, 0.1) is 4.91 Å². The fourth-order valence-corrected chi connectivity index (χ4v) is 4.08. The average Bonchev–Trinajstić information content (AvgIpc) is 2.90. The first kappa shape index (κ1) is 19.9. The molecule has 9 heteroatoms. The number of hydrogen-bond acceptors (Lipinski definition) is 6. The smallest absolute Gasteiger partial charge is 0.266 e. The molecule has 0 radical (unpaired) electrons. The van der Waals surface area contributed by atoms with Crippen LogP contribution in [0.1, 0.15) is 12.0 Å². The Balaban J connectivity index is 1.53. The zero-order valence-corrected chi connectivity index (χ0v) is 16.6. The Morgan fingerprint density at radius 2 is 1.93 bits per heavy atom. The molecule has 2 aliphatic heterocycles. The van der Waals surface area contributed by atoms with E-state index in [1.165, 1.54) is 28.8 Å². The van der Waals surface area contributed by atoms with Gasteiger partial charge in [-0.1, -0.05) is 36.1 Å². The van der Waals surface area contributed by atoms with Crippen molar-refractivity contribution in [2.24, 2.45) is 0 Å². The minimum atomic E-state index is -0.328. The molecule has 2 aliphatic rings. The first-order chi connectivity index (χ1) is 12.9. The number of carbonyl (C=O) groups excluding carboxylic acids is 2. The molecule has 1 N–H and O–H groups in total. The highest BCUT2D eigenvalue weighted by Crippen LogP contribution is 2.32. The Labute approximate surface area is 167 Å². The summed E-state index contributed by atoms with van der Waals surface area (Å²) < 4.78 is 13.4. The van der Waals surface area contributed by atoms with E-state index in [0.717, 1.165) is 31.7 Å². The molecular weight excluding hydrogens is 387 g/mol. The van der Waals surface area contributed by atoms with Crippen molar-refractivity contribution in [2.45, 2.75) is 6.42 Å². The van der Waals surface area contributed by atoms with Crippen LogP contribution in [-0.2, 0) is 9.59 Å². The number of nitrogens with one attached hydrogen (secondary N) is 1. The minimum absolute atomic E-state index is 0.129. The van der Waals surface area contributed by atoms with Crippen LogP contribution in [-0.4, -0.2) is 70.7 Å². The molecule has 0 aliphatic carbocycles. The number of thiocarbonyl (C=S) groups is 1. The number of piperazine rings is 1. The highest BCUT2D eigenvalue weighted by molar-refractivity contribution is 8.26. The molecule has 2 fully saturated rings. The van der Waals surface area contributed by atoms with Gasteiger partial charge in [-0.3, -0.25) is 19.9 Å². The summed E-state index contributed by atoms with van der Waals surface area (Å²) in [6.45, 7) is 3.62. The van der Waals surface area contributed by atoms with Gasteiger partial charge < -0.3 is 4.90 Å². The van der Waals surface area contributed by atoms with E-state index in [9.17, 15) is 14.0 Å². The van der Waals surface area contributed by atoms with E-state index in [4.69, 9.17) is 12.2 Å². The highest BCUT2D eigenvalue weighted by Gasteiger charge is 2.32. The zero-order chi connectivity index (χ0) is 19.4. The maximum Gasteiger partial charge on any atom is 0.266 e. The van der Waals surface area contributed by atoms with Crippen molar-refractivity contribution in [2.75, 3.05) is 39.8 Å². The Morgan fingerprint density at radius 3 is 2.59 bits per heavy atom. The van der Waals surface area contributed by atoms with E-state index in [1.54, 1.807) is 18.2 Å². The van der Waals surface area contributed by atoms with Crippen LogP contribution in [0, 0.1) is 5.82 Å². The molecule has 2 saturated heterocycles. The van der Waals surface area contributed by atoms with Gasteiger partial charge >= 0.3 is 0 Å². The molecule has 2 heterocycles. The molecule has 1 aromatic rings. The first-order valence-electron chi connectivity index (χ1n) is 8.66. The SMILES string of the molecule is CN1CCN(NC(=O)CCN2C(=O)/C(=C\c3ccc(F)cc3)SC2=S)CC1. The van der Waals surface area contributed by atoms with Crippen LogP contribution in [0.5, 0.6) is 0 Å². The van der Waals surface area contributed by atoms with Gasteiger partial charge in [-0.05, 0) is 30.8 Å². The molecular formula is C18H21FN4O2S2. The van der Waals surface area contributed by atoms with Gasteiger partial charge in [-0.15, -0.1) is 0 Å². The summed E-state index contributed by atoms with van der Waals surface area (Å²) in [5.41, 5.74) is 3.61. The largest absolute Gasteiger partial charge is 0.304 e. The van der Waals surface area contributed by atoms with Crippen molar-refractivity contribution in [1.82, 2.24) is 20.2 Å². The second-order valence-corrected chi connectivity index (χ2v) is 8.14. The average molecular weight is 409 g/mol. The zero-order valence-electron chi connectivity index (χ0n) is 15.0. The number of nitrogens with zero attached hydrogens (tertiary/aromatic N) is 3. The van der Waals surface area contributed by atoms with Crippen molar-refractivity contribution in [3.05, 3.63) is 40.6 Å². The van der Waals surface area contributed by atoms with Gasteiger partial charge in [-0.25, -0.2) is 9.40 Å². The molecule has 27 heavy (non-hydrogen) atoms. The normalized spacial score (nSPS) is 20.5. The van der Waals surface area contributed by atoms with Crippen molar-refractivity contribution in [1.29, 1.82) is 0 Å². The molecule has 0 bridgehead atoms. The van der Waals surface area contributed by atoms with Gasteiger partial charge in [0, 0.05) is 39.1 Å². The third-order valence-electron chi connectivity index (χ3n) is 4.39. The van der Waals surface area contributed by atoms with Gasteiger partial charge in [0.25, 0.3) is 5.91 Å². The van der Waals surface area contributed by atoms with E-state index in [1.807, 2.05) is 12.1 Å². The number of benzene rings is 1. The molecule has 2 amide bonds. The standard InChI is InChI=1S/C18H21FN4O2S2/c1-21-8-10-22(11-9-21)20-16(24)6-7-23-17(25)15(27-18(23)26)12-13-2-4-14(19)5-3-13/h2-5,12H,6-11H2,1H3,(H,20,24)/b15-12+. The number of likely N-dealkylation sites (N-methyl/N-ethyl adjacent to an activating group) is 1. The number of hydrazine groups is 1. The molecule has 3 rings (SSSR count). The van der Waals surface area contributed by atoms with Gasteiger partial charge in [0.2, 0.25) is 5.91 Å². The van der Waals surface area contributed by atoms with Crippen LogP contribution in [0.2, 0.25) is 0 Å². The van der Waals surface area contributed by atoms with Crippen LogP contribution in [0.15, 0.2) is 29.2 Å². The summed E-state index contributed by atoms with van der Waals surface area (Å²) in [6, 6.07) is 5.89. The maximum atomic E-state index is 13.0. The number of hydrogen-bond donors (Lipinski definition) is 1. The lowest BCUT2D eigenvalue weighted by Gasteiger charge is -2.32. The van der Waals surface area contributed by atoms with Gasteiger partial charge in [-0.2, -0.15) is 0 Å². The molecule has 0 atom stereocenters. The van der Waals surface area contributed by atoms with E-state index < -0.39 is 0 Å². The van der Waals surface area contributed by atoms with E-state index >= 15 is 0 Å². The fraction of sp³-hybridized carbons (Fsp3) is 0.389. The first-order valence-corrected chi connectivity index (χ1v) is 9.89. The number of rotatable bonds is 5. The minimum Gasteiger partial charge on any atom is -0.304 e. The lowest BCUT2D eigenvalue weighted by molar-refractivity contribution is -0.127. The number of carbonyl (C=O) groups is 2. The number of thioether (sulfide) groups is 1. The fourth-order valence-electron chi connectivity index (χ4n) is 2.77. The van der Waals surface area contributed by atoms with Crippen LogP contribution in [0.3, 0.4) is 0 Å². The van der Waals surface area contributed by atoms with Crippen molar-refractivity contribution < 1.29 is 14.0 Å². The summed E-state index contributed by atoms with van der Waals surface area (Å²) in [4.78, 5) is 28.8. The Hall–Kier alpha value is -1.81. The van der Waals surface area contributed by atoms with Gasteiger partial charge in [0.1, 0.15) is 10.1 Å². The van der Waals surface area contributed by atoms with E-state index in [0.29, 0.717) is 9.23 Å². The summed E-state index contributed by atoms with van der Waals surface area (Å²) in [5, 5.41) is 1.90. The van der Waals surface area contributed by atoms with Gasteiger partial charge in [0.15, 0.2) is 0 Å². The van der Waals surface area contributed by atoms with Crippen molar-refractivity contribution in [3.8, 4) is 0 Å². The van der Waals surface area contributed by atoms with Crippen molar-refractivity contribution in [3.63, 3.8) is 0 Å². The van der Waals surface area contributed by atoms with Crippen LogP contribution >= 0.6 is 24.0 Å². The van der Waals surface area contributed by atoms with E-state index in [2.05, 4.69) is 10.3 Å². The monoisotopic (exact) mass is 408 g/mol. The lowest BCUT2D eigenvalue weighted by atomic mass is 10.2. The maximum absolute atomic E-state index is 13.0. The predicted molar refractivity (Wildman–Crippen MR) is 108 cm³/mol. The predicted octanol–water partition coefficient (Wildman–Crippen LogP) is 1.70. The summed E-state index contributed by atoms with van der Waals surface area (Å²) in [6.07, 6.45) is 1.87. The third-order valence-corrected chi connectivity index (χ3v) is 5.77. The molecule has 6 nitrogen and oxygen atoms in total. The molecule has 0 aromatic heterocycles. The molecule has 144 valence electrons. The topological polar surface area (TPSA) is 55.9 Å². The Morgan fingerprint density at radius 1 is 1.26 bits per heavy atom. The molecule has 0 saturated carbocycles. The van der Waals surface area contributed by atoms with Crippen molar-refractivity contribution >= 4 is 46.2 Å². The number of amides is 2. The molecule has 0 spiro atoms. The second-order valence-electron chi connectivity index (χ2n) is 6.46. The highest BCUT2D eigenvalue weighted by atomic mass is 32.2. The van der Waals surface area contributed by atoms with Crippen LogP contribution in [0.4, 0.5) is 4.39 Å². The summed E-state index contributed by atoms with van der Waals surface area (Å²) in [7, 11) is 2.05. The second kappa shape index (κ2) is 8.92. The van der Waals surface area contributed by atoms with E-state index in [-0.39, 0.29) is 30.6 Å². The molecule has 1 aromatic carbocycles. The Bertz CT molecular complexity index is 761. The summed E-state index contributed by atoms with van der Waals surface area (Å²) >= 11 is 6.47. The third kappa shape index (κ3) is 5.35.